The molecule has 0 amide bonds. The van der Waals surface area contributed by atoms with Crippen molar-refractivity contribution >= 4 is 0 Å². The molecular formula is C17H29NO. The van der Waals surface area contributed by atoms with Gasteiger partial charge >= 0.3 is 0 Å². The second-order valence-electron chi connectivity index (χ2n) is 8.27. The van der Waals surface area contributed by atoms with Crippen molar-refractivity contribution in [3.8, 4) is 0 Å². The van der Waals surface area contributed by atoms with E-state index in [1.54, 1.807) is 0 Å². The van der Waals surface area contributed by atoms with Gasteiger partial charge in [-0.2, -0.15) is 0 Å². The van der Waals surface area contributed by atoms with Gasteiger partial charge in [-0.05, 0) is 87.9 Å². The molecule has 2 heteroatoms. The van der Waals surface area contributed by atoms with Crippen molar-refractivity contribution in [1.82, 2.24) is 5.32 Å². The van der Waals surface area contributed by atoms with E-state index in [1.165, 1.54) is 51.4 Å². The Hall–Kier alpha value is -0.0800. The van der Waals surface area contributed by atoms with Crippen molar-refractivity contribution in [1.29, 1.82) is 0 Å². The van der Waals surface area contributed by atoms with Crippen molar-refractivity contribution in [2.75, 3.05) is 0 Å². The Morgan fingerprint density at radius 1 is 1.00 bits per heavy atom. The lowest BCUT2D eigenvalue weighted by Gasteiger charge is -2.59. The van der Waals surface area contributed by atoms with Crippen LogP contribution in [0.25, 0.3) is 0 Å². The van der Waals surface area contributed by atoms with Crippen LogP contribution in [-0.2, 0) is 0 Å². The summed E-state index contributed by atoms with van der Waals surface area (Å²) in [7, 11) is 0. The molecule has 4 bridgehead atoms. The fraction of sp³-hybridized carbons (Fsp3) is 1.00. The SMILES string of the molecule is CC(N[C@@H]1CCC[C@H]1O)C12CC3CC(CC(C3)C1)C2. The monoisotopic (exact) mass is 263 g/mol. The first-order valence-corrected chi connectivity index (χ1v) is 8.59. The van der Waals surface area contributed by atoms with E-state index in [0.717, 1.165) is 24.2 Å². The molecule has 5 aliphatic rings. The van der Waals surface area contributed by atoms with E-state index in [-0.39, 0.29) is 6.10 Å². The summed E-state index contributed by atoms with van der Waals surface area (Å²) in [6, 6.07) is 0.988. The van der Waals surface area contributed by atoms with Gasteiger partial charge in [-0.15, -0.1) is 0 Å². The number of nitrogens with one attached hydrogen (secondary N) is 1. The Labute approximate surface area is 117 Å². The van der Waals surface area contributed by atoms with Crippen LogP contribution in [0.1, 0.15) is 64.7 Å². The molecule has 0 spiro atoms. The first-order valence-electron chi connectivity index (χ1n) is 8.59. The van der Waals surface area contributed by atoms with Gasteiger partial charge in [-0.1, -0.05) is 0 Å². The molecule has 0 aromatic heterocycles. The van der Waals surface area contributed by atoms with E-state index >= 15 is 0 Å². The van der Waals surface area contributed by atoms with Crippen molar-refractivity contribution < 1.29 is 5.11 Å². The number of aliphatic hydroxyl groups excluding tert-OH is 1. The maximum absolute atomic E-state index is 10.1. The average molecular weight is 263 g/mol. The minimum atomic E-state index is -0.0867. The van der Waals surface area contributed by atoms with Crippen LogP contribution in [0, 0.1) is 23.2 Å². The zero-order chi connectivity index (χ0) is 13.0. The van der Waals surface area contributed by atoms with E-state index in [4.69, 9.17) is 0 Å². The standard InChI is InChI=1S/C17H29NO/c1-11(18-15-3-2-4-16(15)19)17-8-12-5-13(9-17)7-14(6-12)10-17/h11-16,18-19H,2-10H2,1H3/t11?,12?,13?,14?,15-,16-,17?/m1/s1. The van der Waals surface area contributed by atoms with Crippen molar-refractivity contribution in [2.45, 2.75) is 82.9 Å². The van der Waals surface area contributed by atoms with Crippen molar-refractivity contribution in [2.24, 2.45) is 23.2 Å². The predicted molar refractivity (Wildman–Crippen MR) is 76.8 cm³/mol. The van der Waals surface area contributed by atoms with Crippen LogP contribution in [0.2, 0.25) is 0 Å². The molecule has 0 aliphatic heterocycles. The van der Waals surface area contributed by atoms with Gasteiger partial charge in [0, 0.05) is 12.1 Å². The lowest BCUT2D eigenvalue weighted by Crippen LogP contribution is -2.57. The van der Waals surface area contributed by atoms with Crippen LogP contribution in [0.4, 0.5) is 0 Å². The second kappa shape index (κ2) is 4.46. The summed E-state index contributed by atoms with van der Waals surface area (Å²) in [5.74, 6) is 3.09. The summed E-state index contributed by atoms with van der Waals surface area (Å²) in [5.41, 5.74) is 0.580. The molecule has 0 radical (unpaired) electrons. The Bertz CT molecular complexity index is 318. The summed E-state index contributed by atoms with van der Waals surface area (Å²) in [6.07, 6.45) is 12.3. The molecule has 0 saturated heterocycles. The third-order valence-electron chi connectivity index (χ3n) is 6.95. The molecular weight excluding hydrogens is 234 g/mol. The third kappa shape index (κ3) is 2.06. The topological polar surface area (TPSA) is 32.3 Å². The van der Waals surface area contributed by atoms with Gasteiger partial charge in [-0.25, -0.2) is 0 Å². The lowest BCUT2D eigenvalue weighted by atomic mass is 9.48. The quantitative estimate of drug-likeness (QED) is 0.820. The smallest absolute Gasteiger partial charge is 0.0693 e. The molecule has 0 aromatic carbocycles. The van der Waals surface area contributed by atoms with E-state index in [2.05, 4.69) is 12.2 Å². The zero-order valence-corrected chi connectivity index (χ0v) is 12.3. The summed E-state index contributed by atoms with van der Waals surface area (Å²) in [5, 5.41) is 13.9. The van der Waals surface area contributed by atoms with E-state index < -0.39 is 0 Å². The Morgan fingerprint density at radius 2 is 1.58 bits per heavy atom. The van der Waals surface area contributed by atoms with E-state index in [1.807, 2.05) is 0 Å². The van der Waals surface area contributed by atoms with Crippen molar-refractivity contribution in [3.05, 3.63) is 0 Å². The third-order valence-corrected chi connectivity index (χ3v) is 6.95. The molecule has 2 nitrogen and oxygen atoms in total. The van der Waals surface area contributed by atoms with Gasteiger partial charge in [0.25, 0.3) is 0 Å². The van der Waals surface area contributed by atoms with Crippen LogP contribution in [0.5, 0.6) is 0 Å². The molecule has 5 fully saturated rings. The summed E-state index contributed by atoms with van der Waals surface area (Å²) in [6.45, 7) is 2.41. The molecule has 5 saturated carbocycles. The number of hydrogen-bond donors (Lipinski definition) is 2. The highest BCUT2D eigenvalue weighted by Gasteiger charge is 2.53. The average Bonchev–Trinajstić information content (AvgIpc) is 2.73. The lowest BCUT2D eigenvalue weighted by molar-refractivity contribution is -0.0739. The zero-order valence-electron chi connectivity index (χ0n) is 12.3. The highest BCUT2D eigenvalue weighted by molar-refractivity contribution is 5.06. The van der Waals surface area contributed by atoms with Crippen LogP contribution in [0.3, 0.4) is 0 Å². The maximum Gasteiger partial charge on any atom is 0.0693 e. The minimum Gasteiger partial charge on any atom is -0.392 e. The van der Waals surface area contributed by atoms with Gasteiger partial charge in [0.05, 0.1) is 6.10 Å². The van der Waals surface area contributed by atoms with Crippen LogP contribution in [-0.4, -0.2) is 23.3 Å². The van der Waals surface area contributed by atoms with E-state index in [9.17, 15) is 5.11 Å². The molecule has 0 heterocycles. The highest BCUT2D eigenvalue weighted by atomic mass is 16.3. The normalized spacial score (nSPS) is 53.7. The predicted octanol–water partition coefficient (Wildman–Crippen LogP) is 3.09. The van der Waals surface area contributed by atoms with Gasteiger partial charge < -0.3 is 10.4 Å². The summed E-state index contributed by atoms with van der Waals surface area (Å²) < 4.78 is 0. The maximum atomic E-state index is 10.1. The second-order valence-corrected chi connectivity index (χ2v) is 8.27. The first-order chi connectivity index (χ1) is 9.14. The first kappa shape index (κ1) is 12.6. The minimum absolute atomic E-state index is 0.0867. The van der Waals surface area contributed by atoms with Gasteiger partial charge in [-0.3, -0.25) is 0 Å². The van der Waals surface area contributed by atoms with E-state index in [0.29, 0.717) is 17.5 Å². The molecule has 2 N–H and O–H groups in total. The number of rotatable bonds is 3. The van der Waals surface area contributed by atoms with Crippen LogP contribution in [0.15, 0.2) is 0 Å². The summed E-state index contributed by atoms with van der Waals surface area (Å²) in [4.78, 5) is 0. The Balaban J connectivity index is 1.48. The molecule has 5 aliphatic carbocycles. The van der Waals surface area contributed by atoms with Crippen LogP contribution >= 0.6 is 0 Å². The van der Waals surface area contributed by atoms with Crippen LogP contribution < -0.4 is 5.32 Å². The molecule has 108 valence electrons. The van der Waals surface area contributed by atoms with Gasteiger partial charge in [0.15, 0.2) is 0 Å². The number of aliphatic hydroxyl groups is 1. The van der Waals surface area contributed by atoms with Gasteiger partial charge in [0.2, 0.25) is 0 Å². The van der Waals surface area contributed by atoms with Gasteiger partial charge in [0.1, 0.15) is 0 Å². The highest BCUT2D eigenvalue weighted by Crippen LogP contribution is 2.61. The molecule has 1 unspecified atom stereocenters. The van der Waals surface area contributed by atoms with Crippen molar-refractivity contribution in [3.63, 3.8) is 0 Å². The fourth-order valence-electron chi connectivity index (χ4n) is 6.34. The molecule has 19 heavy (non-hydrogen) atoms. The number of hydrogen-bond acceptors (Lipinski definition) is 2. The summed E-state index contributed by atoms with van der Waals surface area (Å²) >= 11 is 0. The Morgan fingerprint density at radius 3 is 2.05 bits per heavy atom. The Kier molecular flexibility index (Phi) is 2.97. The largest absolute Gasteiger partial charge is 0.392 e. The molecule has 0 aromatic rings. The fourth-order valence-corrected chi connectivity index (χ4v) is 6.34. The molecule has 3 atom stereocenters. The molecule has 5 rings (SSSR count).